The van der Waals surface area contributed by atoms with E-state index in [0.717, 1.165) is 0 Å². The van der Waals surface area contributed by atoms with Gasteiger partial charge in [-0.3, -0.25) is 0 Å². The van der Waals surface area contributed by atoms with E-state index < -0.39 is 5.97 Å². The molecule has 94 valence electrons. The monoisotopic (exact) mass is 275 g/mol. The summed E-state index contributed by atoms with van der Waals surface area (Å²) < 4.78 is 0. The molecule has 1 rings (SSSR count). The average Bonchev–Trinajstić information content (AvgIpc) is 2.21. The molecule has 0 heterocycles. The lowest BCUT2D eigenvalue weighted by Gasteiger charge is -2.13. The normalized spacial score (nSPS) is 12.4. The predicted molar refractivity (Wildman–Crippen MR) is 69.8 cm³/mol. The van der Waals surface area contributed by atoms with Gasteiger partial charge in [-0.2, -0.15) is 0 Å². The van der Waals surface area contributed by atoms with Crippen molar-refractivity contribution in [1.29, 1.82) is 0 Å². The fourth-order valence-electron chi connectivity index (χ4n) is 1.33. The maximum atomic E-state index is 11.1. The molecule has 6 heteroatoms. The lowest BCUT2D eigenvalue weighted by Crippen LogP contribution is -2.05. The van der Waals surface area contributed by atoms with Crippen LogP contribution in [0.4, 0.5) is 5.69 Å². The van der Waals surface area contributed by atoms with Crippen molar-refractivity contribution in [2.24, 2.45) is 0 Å². The molecule has 0 aromatic heterocycles. The average molecular weight is 276 g/mol. The van der Waals surface area contributed by atoms with Crippen LogP contribution in [0.15, 0.2) is 17.0 Å². The Morgan fingerprint density at radius 2 is 2.24 bits per heavy atom. The first kappa shape index (κ1) is 14.2. The summed E-state index contributed by atoms with van der Waals surface area (Å²) in [6.07, 6.45) is 0.574. The number of aliphatic hydroxyl groups is 1. The number of benzene rings is 1. The van der Waals surface area contributed by atoms with Crippen molar-refractivity contribution in [2.45, 2.75) is 23.5 Å². The largest absolute Gasteiger partial charge is 0.478 e. The molecular weight excluding hydrogens is 262 g/mol. The number of aromatic carboxylic acids is 1. The molecule has 0 aliphatic rings. The quantitative estimate of drug-likeness (QED) is 0.568. The highest BCUT2D eigenvalue weighted by molar-refractivity contribution is 8.00. The van der Waals surface area contributed by atoms with Crippen LogP contribution in [0.5, 0.6) is 0 Å². The van der Waals surface area contributed by atoms with Crippen molar-refractivity contribution in [1.82, 2.24) is 0 Å². The topological polar surface area (TPSA) is 83.5 Å². The number of anilines is 1. The maximum Gasteiger partial charge on any atom is 0.336 e. The van der Waals surface area contributed by atoms with Gasteiger partial charge in [0.25, 0.3) is 0 Å². The Balaban J connectivity index is 3.08. The second-order valence-corrected chi connectivity index (χ2v) is 5.48. The molecule has 1 aromatic carbocycles. The summed E-state index contributed by atoms with van der Waals surface area (Å²) in [5.41, 5.74) is 5.99. The van der Waals surface area contributed by atoms with Crippen molar-refractivity contribution >= 4 is 35.0 Å². The highest BCUT2D eigenvalue weighted by Crippen LogP contribution is 2.36. The molecule has 0 saturated heterocycles. The van der Waals surface area contributed by atoms with Gasteiger partial charge in [0.2, 0.25) is 0 Å². The lowest BCUT2D eigenvalue weighted by atomic mass is 10.2. The van der Waals surface area contributed by atoms with Crippen LogP contribution < -0.4 is 5.73 Å². The van der Waals surface area contributed by atoms with Crippen LogP contribution in [0.25, 0.3) is 0 Å². The zero-order valence-electron chi connectivity index (χ0n) is 9.31. The molecule has 0 radical (unpaired) electrons. The van der Waals surface area contributed by atoms with Crippen LogP contribution in [0, 0.1) is 0 Å². The van der Waals surface area contributed by atoms with E-state index in [-0.39, 0.29) is 17.4 Å². The van der Waals surface area contributed by atoms with Crippen molar-refractivity contribution in [3.05, 3.63) is 22.7 Å². The molecule has 0 aliphatic heterocycles. The van der Waals surface area contributed by atoms with Crippen LogP contribution in [-0.4, -0.2) is 28.0 Å². The Morgan fingerprint density at radius 1 is 1.59 bits per heavy atom. The van der Waals surface area contributed by atoms with E-state index in [0.29, 0.717) is 22.0 Å². The number of hydrogen-bond acceptors (Lipinski definition) is 4. The van der Waals surface area contributed by atoms with Gasteiger partial charge in [0.05, 0.1) is 10.6 Å². The van der Waals surface area contributed by atoms with Crippen molar-refractivity contribution in [2.75, 3.05) is 12.3 Å². The van der Waals surface area contributed by atoms with E-state index in [1.807, 2.05) is 6.92 Å². The summed E-state index contributed by atoms with van der Waals surface area (Å²) in [6, 6.07) is 2.92. The standard InChI is InChI=1S/C11H14ClNO3S/c1-6(2-3-14)17-10-8(11(15)16)4-7(13)5-9(10)12/h4-6,14H,2-3,13H2,1H3,(H,15,16). The van der Waals surface area contributed by atoms with Gasteiger partial charge in [0.15, 0.2) is 0 Å². The fourth-order valence-corrected chi connectivity index (χ4v) is 2.77. The fraction of sp³-hybridized carbons (Fsp3) is 0.364. The van der Waals surface area contributed by atoms with E-state index in [4.69, 9.17) is 27.5 Å². The number of nitrogen functional groups attached to an aromatic ring is 1. The number of carbonyl (C=O) groups is 1. The molecule has 1 unspecified atom stereocenters. The van der Waals surface area contributed by atoms with Gasteiger partial charge in [0.1, 0.15) is 0 Å². The molecule has 0 aliphatic carbocycles. The number of thioether (sulfide) groups is 1. The molecule has 4 N–H and O–H groups in total. The van der Waals surface area contributed by atoms with Gasteiger partial charge in [-0.15, -0.1) is 11.8 Å². The van der Waals surface area contributed by atoms with Crippen molar-refractivity contribution in [3.63, 3.8) is 0 Å². The third-order valence-electron chi connectivity index (χ3n) is 2.15. The molecule has 0 bridgehead atoms. The molecule has 1 aromatic rings. The van der Waals surface area contributed by atoms with Gasteiger partial charge in [-0.05, 0) is 18.6 Å². The minimum Gasteiger partial charge on any atom is -0.478 e. The number of aliphatic hydroxyl groups excluding tert-OH is 1. The first-order chi connectivity index (χ1) is 7.95. The van der Waals surface area contributed by atoms with E-state index in [1.165, 1.54) is 23.9 Å². The van der Waals surface area contributed by atoms with Crippen LogP contribution in [0.2, 0.25) is 5.02 Å². The summed E-state index contributed by atoms with van der Waals surface area (Å²) >= 11 is 7.33. The minimum absolute atomic E-state index is 0.0587. The first-order valence-electron chi connectivity index (χ1n) is 5.05. The van der Waals surface area contributed by atoms with E-state index >= 15 is 0 Å². The predicted octanol–water partition coefficient (Wildman–Crippen LogP) is 2.48. The first-order valence-corrected chi connectivity index (χ1v) is 6.31. The second-order valence-electron chi connectivity index (χ2n) is 3.63. The third kappa shape index (κ3) is 3.80. The molecule has 17 heavy (non-hydrogen) atoms. The Morgan fingerprint density at radius 3 is 2.76 bits per heavy atom. The number of hydrogen-bond donors (Lipinski definition) is 3. The Kier molecular flexibility index (Phi) is 5.11. The summed E-state index contributed by atoms with van der Waals surface area (Å²) in [5.74, 6) is -1.06. The van der Waals surface area contributed by atoms with Crippen molar-refractivity contribution in [3.8, 4) is 0 Å². The number of rotatable bonds is 5. The van der Waals surface area contributed by atoms with Crippen LogP contribution >= 0.6 is 23.4 Å². The second kappa shape index (κ2) is 6.14. The van der Waals surface area contributed by atoms with E-state index in [1.54, 1.807) is 0 Å². The SMILES string of the molecule is CC(CCO)Sc1c(Cl)cc(N)cc1C(=O)O. The number of carboxylic acid groups (broad SMARTS) is 1. The van der Waals surface area contributed by atoms with Crippen LogP contribution in [0.1, 0.15) is 23.7 Å². The highest BCUT2D eigenvalue weighted by atomic mass is 35.5. The van der Waals surface area contributed by atoms with Gasteiger partial charge in [-0.25, -0.2) is 4.79 Å². The summed E-state index contributed by atoms with van der Waals surface area (Å²) in [5, 5.41) is 18.3. The van der Waals surface area contributed by atoms with Crippen LogP contribution in [-0.2, 0) is 0 Å². The number of halogens is 1. The van der Waals surface area contributed by atoms with Gasteiger partial charge in [-0.1, -0.05) is 18.5 Å². The van der Waals surface area contributed by atoms with Gasteiger partial charge < -0.3 is 15.9 Å². The maximum absolute atomic E-state index is 11.1. The zero-order valence-corrected chi connectivity index (χ0v) is 10.9. The van der Waals surface area contributed by atoms with Crippen molar-refractivity contribution < 1.29 is 15.0 Å². The lowest BCUT2D eigenvalue weighted by molar-refractivity contribution is 0.0693. The number of nitrogens with two attached hydrogens (primary N) is 1. The summed E-state index contributed by atoms with van der Waals surface area (Å²) in [4.78, 5) is 11.6. The van der Waals surface area contributed by atoms with Crippen LogP contribution in [0.3, 0.4) is 0 Å². The molecular formula is C11H14ClNO3S. The van der Waals surface area contributed by atoms with Gasteiger partial charge >= 0.3 is 5.97 Å². The molecule has 0 amide bonds. The highest BCUT2D eigenvalue weighted by Gasteiger charge is 2.17. The molecule has 1 atom stereocenters. The van der Waals surface area contributed by atoms with Gasteiger partial charge in [0, 0.05) is 22.4 Å². The van der Waals surface area contributed by atoms with E-state index in [9.17, 15) is 4.79 Å². The third-order valence-corrected chi connectivity index (χ3v) is 3.87. The smallest absolute Gasteiger partial charge is 0.336 e. The summed E-state index contributed by atoms with van der Waals surface area (Å²) in [6.45, 7) is 1.96. The minimum atomic E-state index is -1.06. The Hall–Kier alpha value is -0.910. The van der Waals surface area contributed by atoms with E-state index in [2.05, 4.69) is 0 Å². The summed E-state index contributed by atoms with van der Waals surface area (Å²) in [7, 11) is 0. The number of carboxylic acids is 1. The molecule has 0 fully saturated rings. The molecule has 4 nitrogen and oxygen atoms in total. The molecule has 0 spiro atoms. The Labute approximate surface area is 109 Å². The molecule has 0 saturated carbocycles. The Bertz CT molecular complexity index is 425. The zero-order chi connectivity index (χ0) is 13.0.